The van der Waals surface area contributed by atoms with Crippen molar-refractivity contribution in [3.63, 3.8) is 0 Å². The Morgan fingerprint density at radius 3 is 2.96 bits per heavy atom. The summed E-state index contributed by atoms with van der Waals surface area (Å²) < 4.78 is 7.82. The van der Waals surface area contributed by atoms with Gasteiger partial charge in [-0.25, -0.2) is 15.0 Å². The SMILES string of the molecule is O=C(CC1=CCCCC1)N1Cc2cncn2C(COc2ncccn2)C1. The highest BCUT2D eigenvalue weighted by molar-refractivity contribution is 5.79. The molecule has 0 fully saturated rings. The minimum Gasteiger partial charge on any atom is -0.461 e. The smallest absolute Gasteiger partial charge is 0.316 e. The van der Waals surface area contributed by atoms with Crippen LogP contribution < -0.4 is 4.74 Å². The summed E-state index contributed by atoms with van der Waals surface area (Å²) in [5.74, 6) is 0.187. The molecule has 1 aliphatic heterocycles. The van der Waals surface area contributed by atoms with Crippen LogP contribution in [0.4, 0.5) is 0 Å². The number of aromatic nitrogens is 4. The van der Waals surface area contributed by atoms with E-state index in [0.717, 1.165) is 18.5 Å². The lowest BCUT2D eigenvalue weighted by Gasteiger charge is -2.34. The molecule has 0 N–H and O–H groups in total. The van der Waals surface area contributed by atoms with Crippen molar-refractivity contribution in [3.8, 4) is 6.01 Å². The van der Waals surface area contributed by atoms with Crippen molar-refractivity contribution in [1.29, 1.82) is 0 Å². The summed E-state index contributed by atoms with van der Waals surface area (Å²) in [6.45, 7) is 1.62. The largest absolute Gasteiger partial charge is 0.461 e. The van der Waals surface area contributed by atoms with Gasteiger partial charge in [-0.1, -0.05) is 11.6 Å². The number of ether oxygens (including phenoxy) is 1. The van der Waals surface area contributed by atoms with Crippen molar-refractivity contribution in [2.24, 2.45) is 0 Å². The van der Waals surface area contributed by atoms with Gasteiger partial charge in [0, 0.05) is 31.6 Å². The lowest BCUT2D eigenvalue weighted by atomic mass is 9.96. The zero-order valence-electron chi connectivity index (χ0n) is 14.8. The molecule has 0 radical (unpaired) electrons. The Hall–Kier alpha value is -2.70. The number of allylic oxidation sites excluding steroid dienone is 1. The number of fused-ring (bicyclic) bond motifs is 1. The minimum atomic E-state index is 0.00865. The molecule has 2 aromatic rings. The van der Waals surface area contributed by atoms with Crippen molar-refractivity contribution in [1.82, 2.24) is 24.4 Å². The molecule has 2 aliphatic rings. The van der Waals surface area contributed by atoms with Gasteiger partial charge in [0.15, 0.2) is 0 Å². The molecular weight excluding hydrogens is 330 g/mol. The first kappa shape index (κ1) is 16.8. The van der Waals surface area contributed by atoms with Crippen LogP contribution in [-0.2, 0) is 11.3 Å². The number of amides is 1. The highest BCUT2D eigenvalue weighted by Gasteiger charge is 2.29. The Morgan fingerprint density at radius 2 is 2.15 bits per heavy atom. The van der Waals surface area contributed by atoms with Gasteiger partial charge in [0.2, 0.25) is 5.91 Å². The summed E-state index contributed by atoms with van der Waals surface area (Å²) >= 11 is 0. The number of carbonyl (C=O) groups is 1. The first-order valence-corrected chi connectivity index (χ1v) is 9.16. The van der Waals surface area contributed by atoms with Gasteiger partial charge in [-0.05, 0) is 31.7 Å². The van der Waals surface area contributed by atoms with E-state index in [4.69, 9.17) is 4.74 Å². The van der Waals surface area contributed by atoms with Gasteiger partial charge in [0.05, 0.1) is 24.6 Å². The average molecular weight is 353 g/mol. The van der Waals surface area contributed by atoms with E-state index >= 15 is 0 Å². The minimum absolute atomic E-state index is 0.00865. The summed E-state index contributed by atoms with van der Waals surface area (Å²) in [6.07, 6.45) is 14.3. The molecule has 4 rings (SSSR count). The van der Waals surface area contributed by atoms with Crippen LogP contribution in [0.25, 0.3) is 0 Å². The molecule has 1 amide bonds. The molecule has 7 heteroatoms. The highest BCUT2D eigenvalue weighted by Crippen LogP contribution is 2.25. The predicted molar refractivity (Wildman–Crippen MR) is 95.4 cm³/mol. The third kappa shape index (κ3) is 3.76. The second-order valence-electron chi connectivity index (χ2n) is 6.85. The van der Waals surface area contributed by atoms with Gasteiger partial charge in [0.1, 0.15) is 6.61 Å². The molecule has 0 saturated carbocycles. The maximum atomic E-state index is 12.8. The molecular formula is C19H23N5O2. The highest BCUT2D eigenvalue weighted by atomic mass is 16.5. The van der Waals surface area contributed by atoms with Gasteiger partial charge >= 0.3 is 6.01 Å². The van der Waals surface area contributed by atoms with Gasteiger partial charge in [0.25, 0.3) is 0 Å². The van der Waals surface area contributed by atoms with Crippen LogP contribution in [0.1, 0.15) is 43.8 Å². The maximum absolute atomic E-state index is 12.8. The fourth-order valence-electron chi connectivity index (χ4n) is 3.61. The average Bonchev–Trinajstić information content (AvgIpc) is 3.16. The summed E-state index contributed by atoms with van der Waals surface area (Å²) in [4.78, 5) is 27.2. The van der Waals surface area contributed by atoms with Crippen LogP contribution in [0.2, 0.25) is 0 Å². The van der Waals surface area contributed by atoms with E-state index in [1.54, 1.807) is 24.8 Å². The third-order valence-corrected chi connectivity index (χ3v) is 4.99. The molecule has 0 bridgehead atoms. The molecule has 1 unspecified atom stereocenters. The van der Waals surface area contributed by atoms with Crippen molar-refractivity contribution in [2.45, 2.75) is 44.7 Å². The number of hydrogen-bond acceptors (Lipinski definition) is 5. The summed E-state index contributed by atoms with van der Waals surface area (Å²) in [5, 5.41) is 0. The zero-order valence-corrected chi connectivity index (χ0v) is 14.8. The van der Waals surface area contributed by atoms with Crippen LogP contribution in [-0.4, -0.2) is 43.5 Å². The molecule has 136 valence electrons. The maximum Gasteiger partial charge on any atom is 0.316 e. The van der Waals surface area contributed by atoms with E-state index in [9.17, 15) is 4.79 Å². The molecule has 7 nitrogen and oxygen atoms in total. The van der Waals surface area contributed by atoms with Crippen LogP contribution in [0.15, 0.2) is 42.6 Å². The monoisotopic (exact) mass is 353 g/mol. The third-order valence-electron chi connectivity index (χ3n) is 4.99. The molecule has 1 atom stereocenters. The zero-order chi connectivity index (χ0) is 17.8. The second kappa shape index (κ2) is 7.68. The number of imidazole rings is 1. The van der Waals surface area contributed by atoms with Crippen LogP contribution >= 0.6 is 0 Å². The second-order valence-corrected chi connectivity index (χ2v) is 6.85. The number of rotatable bonds is 5. The van der Waals surface area contributed by atoms with Crippen molar-refractivity contribution < 1.29 is 9.53 Å². The molecule has 0 saturated heterocycles. The summed E-state index contributed by atoms with van der Waals surface area (Å²) in [5.41, 5.74) is 2.32. The van der Waals surface area contributed by atoms with Crippen molar-refractivity contribution in [3.05, 3.63) is 48.3 Å². The van der Waals surface area contributed by atoms with E-state index in [1.807, 2.05) is 11.1 Å². The van der Waals surface area contributed by atoms with Crippen molar-refractivity contribution >= 4 is 5.91 Å². The van der Waals surface area contributed by atoms with E-state index < -0.39 is 0 Å². The molecule has 2 aromatic heterocycles. The molecule has 1 aliphatic carbocycles. The fourth-order valence-corrected chi connectivity index (χ4v) is 3.61. The molecule has 0 spiro atoms. The van der Waals surface area contributed by atoms with E-state index in [0.29, 0.717) is 32.1 Å². The Kier molecular flexibility index (Phi) is 4.95. The van der Waals surface area contributed by atoms with Gasteiger partial charge in [-0.15, -0.1) is 0 Å². The Bertz CT molecular complexity index is 786. The Balaban J connectivity index is 1.43. The fraction of sp³-hybridized carbons (Fsp3) is 0.474. The molecule has 0 aromatic carbocycles. The first-order chi connectivity index (χ1) is 12.8. The van der Waals surface area contributed by atoms with Crippen LogP contribution in [0, 0.1) is 0 Å². The van der Waals surface area contributed by atoms with Crippen LogP contribution in [0.3, 0.4) is 0 Å². The van der Waals surface area contributed by atoms with E-state index in [2.05, 4.69) is 25.6 Å². The van der Waals surface area contributed by atoms with E-state index in [1.165, 1.54) is 18.4 Å². The Labute approximate surface area is 152 Å². The summed E-state index contributed by atoms with van der Waals surface area (Å²) in [7, 11) is 0. The predicted octanol–water partition coefficient (Wildman–Crippen LogP) is 2.53. The molecule has 26 heavy (non-hydrogen) atoms. The van der Waals surface area contributed by atoms with Crippen molar-refractivity contribution in [2.75, 3.05) is 13.2 Å². The van der Waals surface area contributed by atoms with Gasteiger partial charge < -0.3 is 14.2 Å². The standard InChI is InChI=1S/C19H23N5O2/c25-18(9-15-5-2-1-3-6-15)23-11-16-10-20-14-24(16)17(12-23)13-26-19-21-7-4-8-22-19/h4-5,7-8,10,14,17H,1-3,6,9,11-13H2. The first-order valence-electron chi connectivity index (χ1n) is 9.16. The normalized spacial score (nSPS) is 19.6. The van der Waals surface area contributed by atoms with Gasteiger partial charge in [-0.2, -0.15) is 0 Å². The van der Waals surface area contributed by atoms with E-state index in [-0.39, 0.29) is 11.9 Å². The molecule has 3 heterocycles. The summed E-state index contributed by atoms with van der Waals surface area (Å²) in [6, 6.07) is 2.11. The number of carbonyl (C=O) groups excluding carboxylic acids is 1. The number of nitrogens with zero attached hydrogens (tertiary/aromatic N) is 5. The topological polar surface area (TPSA) is 73.1 Å². The lowest BCUT2D eigenvalue weighted by molar-refractivity contribution is -0.132. The number of hydrogen-bond donors (Lipinski definition) is 0. The van der Waals surface area contributed by atoms with Crippen LogP contribution in [0.5, 0.6) is 6.01 Å². The van der Waals surface area contributed by atoms with Gasteiger partial charge in [-0.3, -0.25) is 4.79 Å². The lowest BCUT2D eigenvalue weighted by Crippen LogP contribution is -2.42. The quantitative estimate of drug-likeness (QED) is 0.772. The Morgan fingerprint density at radius 1 is 1.27 bits per heavy atom.